The summed E-state index contributed by atoms with van der Waals surface area (Å²) in [6.45, 7) is 7.53. The summed E-state index contributed by atoms with van der Waals surface area (Å²) in [6.07, 6.45) is 0.744. The highest BCUT2D eigenvalue weighted by atomic mass is 16.6. The van der Waals surface area contributed by atoms with Crippen molar-refractivity contribution < 1.29 is 9.94 Å². The van der Waals surface area contributed by atoms with Crippen molar-refractivity contribution in [1.82, 2.24) is 4.90 Å². The molecule has 27 heavy (non-hydrogen) atoms. The molecule has 4 nitrogen and oxygen atoms in total. The molecule has 0 bridgehead atoms. The summed E-state index contributed by atoms with van der Waals surface area (Å²) in [7, 11) is 0. The lowest BCUT2D eigenvalue weighted by Crippen LogP contribution is -2.43. The highest BCUT2D eigenvalue weighted by Gasteiger charge is 2.25. The molecule has 4 rings (SSSR count). The van der Waals surface area contributed by atoms with Gasteiger partial charge in [-0.1, -0.05) is 67.5 Å². The number of aliphatic hydroxyl groups is 1. The lowest BCUT2D eigenvalue weighted by molar-refractivity contribution is 0.00660. The number of fused-ring (bicyclic) bond motifs is 3. The first-order valence-electron chi connectivity index (χ1n) is 9.91. The molecule has 142 valence electrons. The first-order chi connectivity index (χ1) is 13.1. The maximum absolute atomic E-state index is 10.4. The van der Waals surface area contributed by atoms with Crippen LogP contribution in [0.3, 0.4) is 0 Å². The first kappa shape index (κ1) is 18.2. The summed E-state index contributed by atoms with van der Waals surface area (Å²) >= 11 is 0. The molecule has 2 aromatic rings. The first-order valence-corrected chi connectivity index (χ1v) is 9.91. The van der Waals surface area contributed by atoms with E-state index in [1.165, 1.54) is 17.5 Å². The second-order valence-electron chi connectivity index (χ2n) is 8.15. The predicted molar refractivity (Wildman–Crippen MR) is 109 cm³/mol. The van der Waals surface area contributed by atoms with Crippen molar-refractivity contribution in [2.24, 2.45) is 17.0 Å². The molecular weight excluding hydrogens is 336 g/mol. The molecule has 1 heterocycles. The molecule has 0 amide bonds. The van der Waals surface area contributed by atoms with Crippen molar-refractivity contribution in [3.63, 3.8) is 0 Å². The van der Waals surface area contributed by atoms with Crippen LogP contribution >= 0.6 is 0 Å². The average molecular weight is 364 g/mol. The standard InChI is InChI=1S/C23H28N2O2/c1-16-11-17(2)13-25(12-16)14-18(26)15-27-24-23-21-9-5-3-7-19(21)20-8-4-6-10-22(20)23/h3-10,16-18,26H,11-15H2,1-2H3/t16-,17-,18+/m1/s1. The zero-order valence-corrected chi connectivity index (χ0v) is 16.1. The van der Waals surface area contributed by atoms with Gasteiger partial charge in [-0.25, -0.2) is 0 Å². The Morgan fingerprint density at radius 2 is 1.48 bits per heavy atom. The lowest BCUT2D eigenvalue weighted by atomic mass is 9.92. The molecule has 2 aliphatic rings. The number of benzene rings is 2. The number of piperidine rings is 1. The van der Waals surface area contributed by atoms with Crippen molar-refractivity contribution in [1.29, 1.82) is 0 Å². The fourth-order valence-electron chi connectivity index (χ4n) is 4.57. The molecule has 1 saturated heterocycles. The third-order valence-corrected chi connectivity index (χ3v) is 5.49. The zero-order valence-electron chi connectivity index (χ0n) is 16.1. The normalized spacial score (nSPS) is 22.9. The Morgan fingerprint density at radius 3 is 2.04 bits per heavy atom. The summed E-state index contributed by atoms with van der Waals surface area (Å²) in [6, 6.07) is 16.5. The van der Waals surface area contributed by atoms with E-state index in [2.05, 4.69) is 48.2 Å². The molecule has 1 N–H and O–H groups in total. The summed E-state index contributed by atoms with van der Waals surface area (Å²) in [4.78, 5) is 7.95. The van der Waals surface area contributed by atoms with Gasteiger partial charge in [-0.05, 0) is 29.4 Å². The summed E-state index contributed by atoms with van der Waals surface area (Å²) in [5.74, 6) is 1.38. The molecule has 0 unspecified atom stereocenters. The third kappa shape index (κ3) is 3.92. The van der Waals surface area contributed by atoms with Gasteiger partial charge in [0.05, 0.1) is 0 Å². The minimum Gasteiger partial charge on any atom is -0.392 e. The largest absolute Gasteiger partial charge is 0.392 e. The SMILES string of the molecule is C[C@@H]1C[C@@H](C)CN(C[C@H](O)CON=C2c3ccccc3-c3ccccc32)C1. The molecule has 1 aliphatic carbocycles. The van der Waals surface area contributed by atoms with E-state index in [0.717, 1.165) is 29.9 Å². The average Bonchev–Trinajstić information content (AvgIpc) is 2.95. The molecule has 0 aromatic heterocycles. The summed E-state index contributed by atoms with van der Waals surface area (Å²) in [5, 5.41) is 14.8. The van der Waals surface area contributed by atoms with Crippen LogP contribution in [0.15, 0.2) is 53.7 Å². The third-order valence-electron chi connectivity index (χ3n) is 5.49. The van der Waals surface area contributed by atoms with E-state index in [1.54, 1.807) is 0 Å². The highest BCUT2D eigenvalue weighted by molar-refractivity contribution is 6.24. The second-order valence-corrected chi connectivity index (χ2v) is 8.15. The van der Waals surface area contributed by atoms with Crippen LogP contribution in [-0.4, -0.2) is 48.1 Å². The van der Waals surface area contributed by atoms with Crippen LogP contribution < -0.4 is 0 Å². The second kappa shape index (κ2) is 7.83. The molecule has 3 atom stereocenters. The molecule has 0 saturated carbocycles. The van der Waals surface area contributed by atoms with Gasteiger partial charge in [0.1, 0.15) is 18.4 Å². The van der Waals surface area contributed by atoms with E-state index >= 15 is 0 Å². The molecular formula is C23H28N2O2. The molecule has 1 aliphatic heterocycles. The highest BCUT2D eigenvalue weighted by Crippen LogP contribution is 2.36. The zero-order chi connectivity index (χ0) is 18.8. The number of hydrogen-bond donors (Lipinski definition) is 1. The molecule has 4 heteroatoms. The van der Waals surface area contributed by atoms with Crippen LogP contribution in [0.25, 0.3) is 11.1 Å². The topological polar surface area (TPSA) is 45.1 Å². The van der Waals surface area contributed by atoms with Crippen molar-refractivity contribution in [3.8, 4) is 11.1 Å². The monoisotopic (exact) mass is 364 g/mol. The van der Waals surface area contributed by atoms with Gasteiger partial charge in [-0.15, -0.1) is 0 Å². The Bertz CT molecular complexity index is 775. The molecule has 0 radical (unpaired) electrons. The van der Waals surface area contributed by atoms with Crippen LogP contribution in [0.2, 0.25) is 0 Å². The fourth-order valence-corrected chi connectivity index (χ4v) is 4.57. The van der Waals surface area contributed by atoms with Crippen molar-refractivity contribution in [3.05, 3.63) is 59.7 Å². The van der Waals surface area contributed by atoms with Gasteiger partial charge >= 0.3 is 0 Å². The van der Waals surface area contributed by atoms with Crippen molar-refractivity contribution in [2.45, 2.75) is 26.4 Å². The van der Waals surface area contributed by atoms with Crippen LogP contribution in [0.4, 0.5) is 0 Å². The molecule has 1 fully saturated rings. The Hall–Kier alpha value is -2.17. The van der Waals surface area contributed by atoms with Crippen molar-refractivity contribution in [2.75, 3.05) is 26.2 Å². The molecule has 2 aromatic carbocycles. The number of oxime groups is 1. The molecule has 0 spiro atoms. The van der Waals surface area contributed by atoms with E-state index in [9.17, 15) is 5.11 Å². The Balaban J connectivity index is 1.41. The summed E-state index contributed by atoms with van der Waals surface area (Å²) in [5.41, 5.74) is 5.41. The van der Waals surface area contributed by atoms with E-state index in [1.807, 2.05) is 24.3 Å². The lowest BCUT2D eigenvalue weighted by Gasteiger charge is -2.35. The van der Waals surface area contributed by atoms with Crippen LogP contribution in [0.5, 0.6) is 0 Å². The Kier molecular flexibility index (Phi) is 5.28. The fraction of sp³-hybridized carbons (Fsp3) is 0.435. The van der Waals surface area contributed by atoms with E-state index in [0.29, 0.717) is 18.4 Å². The maximum atomic E-state index is 10.4. The summed E-state index contributed by atoms with van der Waals surface area (Å²) < 4.78 is 0. The van der Waals surface area contributed by atoms with E-state index in [4.69, 9.17) is 4.84 Å². The number of aliphatic hydroxyl groups excluding tert-OH is 1. The number of rotatable bonds is 5. The van der Waals surface area contributed by atoms with Gasteiger partial charge in [-0.3, -0.25) is 0 Å². The number of β-amino-alcohol motifs (C(OH)–C–C–N with tert-alkyl or cyclic N) is 1. The van der Waals surface area contributed by atoms with Crippen LogP contribution in [0, 0.1) is 11.8 Å². The maximum Gasteiger partial charge on any atom is 0.144 e. The predicted octanol–water partition coefficient (Wildman–Crippen LogP) is 3.77. The van der Waals surface area contributed by atoms with Gasteiger partial charge in [0.15, 0.2) is 0 Å². The van der Waals surface area contributed by atoms with E-state index in [-0.39, 0.29) is 6.61 Å². The quantitative estimate of drug-likeness (QED) is 0.701. The Morgan fingerprint density at radius 1 is 0.963 bits per heavy atom. The Labute approximate surface area is 161 Å². The minimum absolute atomic E-state index is 0.215. The van der Waals surface area contributed by atoms with Crippen molar-refractivity contribution >= 4 is 5.71 Å². The van der Waals surface area contributed by atoms with Gasteiger partial charge in [0.2, 0.25) is 0 Å². The van der Waals surface area contributed by atoms with Gasteiger partial charge in [0.25, 0.3) is 0 Å². The van der Waals surface area contributed by atoms with Gasteiger partial charge in [0, 0.05) is 30.8 Å². The van der Waals surface area contributed by atoms with Gasteiger partial charge in [-0.2, -0.15) is 0 Å². The number of hydrogen-bond acceptors (Lipinski definition) is 4. The number of nitrogens with zero attached hydrogens (tertiary/aromatic N) is 2. The smallest absolute Gasteiger partial charge is 0.144 e. The van der Waals surface area contributed by atoms with Crippen LogP contribution in [-0.2, 0) is 4.84 Å². The van der Waals surface area contributed by atoms with Crippen LogP contribution in [0.1, 0.15) is 31.4 Å². The van der Waals surface area contributed by atoms with E-state index < -0.39 is 6.10 Å². The van der Waals surface area contributed by atoms with Gasteiger partial charge < -0.3 is 14.8 Å². The minimum atomic E-state index is -0.529. The number of likely N-dealkylation sites (tertiary alicyclic amines) is 1.